The van der Waals surface area contributed by atoms with E-state index in [9.17, 15) is 9.59 Å². The number of amides is 1. The molecule has 4 heterocycles. The fraction of sp³-hybridized carbons (Fsp3) is 0.263. The van der Waals surface area contributed by atoms with Gasteiger partial charge in [0.1, 0.15) is 17.5 Å². The molecule has 0 radical (unpaired) electrons. The van der Waals surface area contributed by atoms with E-state index in [-0.39, 0.29) is 24.4 Å². The van der Waals surface area contributed by atoms with E-state index in [0.717, 1.165) is 20.8 Å². The summed E-state index contributed by atoms with van der Waals surface area (Å²) in [5, 5.41) is 7.59. The minimum atomic E-state index is -0.163. The van der Waals surface area contributed by atoms with Crippen LogP contribution in [0.5, 0.6) is 0 Å². The van der Waals surface area contributed by atoms with Gasteiger partial charge in [-0.25, -0.2) is 19.6 Å². The van der Waals surface area contributed by atoms with Crippen molar-refractivity contribution >= 4 is 27.5 Å². The Balaban J connectivity index is 1.42. The molecular formula is C19H19N7O2S. The zero-order valence-corrected chi connectivity index (χ0v) is 16.8. The SMILES string of the molecule is Cc1sc2ncn(CCC(=O)NCc3cccnc3-n3cncn3)c(=O)c2c1C. The van der Waals surface area contributed by atoms with Gasteiger partial charge in [-0.2, -0.15) is 5.10 Å². The predicted molar refractivity (Wildman–Crippen MR) is 109 cm³/mol. The molecule has 148 valence electrons. The smallest absolute Gasteiger partial charge is 0.262 e. The van der Waals surface area contributed by atoms with Gasteiger partial charge in [0.15, 0.2) is 5.82 Å². The fourth-order valence-electron chi connectivity index (χ4n) is 3.03. The van der Waals surface area contributed by atoms with Gasteiger partial charge in [0, 0.05) is 36.1 Å². The van der Waals surface area contributed by atoms with Crippen LogP contribution >= 0.6 is 11.3 Å². The minimum absolute atomic E-state index is 0.106. The zero-order valence-electron chi connectivity index (χ0n) is 16.0. The third-order valence-electron chi connectivity index (χ3n) is 4.71. The molecule has 4 rings (SSSR count). The predicted octanol–water partition coefficient (Wildman–Crippen LogP) is 1.76. The normalized spacial score (nSPS) is 11.1. The van der Waals surface area contributed by atoms with Crippen LogP contribution in [0.4, 0.5) is 0 Å². The highest BCUT2D eigenvalue weighted by atomic mass is 32.1. The van der Waals surface area contributed by atoms with Crippen molar-refractivity contribution in [2.75, 3.05) is 0 Å². The molecule has 0 saturated carbocycles. The molecule has 0 aromatic carbocycles. The van der Waals surface area contributed by atoms with Gasteiger partial charge in [0.25, 0.3) is 5.56 Å². The molecule has 1 N–H and O–H groups in total. The van der Waals surface area contributed by atoms with E-state index in [1.165, 1.54) is 28.6 Å². The quantitative estimate of drug-likeness (QED) is 0.520. The van der Waals surface area contributed by atoms with Crippen molar-refractivity contribution in [3.63, 3.8) is 0 Å². The molecule has 4 aromatic heterocycles. The summed E-state index contributed by atoms with van der Waals surface area (Å²) in [4.78, 5) is 39.4. The first kappa shape index (κ1) is 18.9. The van der Waals surface area contributed by atoms with Crippen molar-refractivity contribution < 1.29 is 4.79 Å². The van der Waals surface area contributed by atoms with E-state index >= 15 is 0 Å². The number of nitrogens with zero attached hydrogens (tertiary/aromatic N) is 6. The number of thiophene rings is 1. The Morgan fingerprint density at radius 2 is 2.10 bits per heavy atom. The summed E-state index contributed by atoms with van der Waals surface area (Å²) in [7, 11) is 0. The van der Waals surface area contributed by atoms with Crippen molar-refractivity contribution in [1.29, 1.82) is 0 Å². The van der Waals surface area contributed by atoms with Crippen LogP contribution in [0.2, 0.25) is 0 Å². The van der Waals surface area contributed by atoms with E-state index in [4.69, 9.17) is 0 Å². The molecule has 0 spiro atoms. The van der Waals surface area contributed by atoms with Gasteiger partial charge in [-0.15, -0.1) is 11.3 Å². The Morgan fingerprint density at radius 1 is 1.24 bits per heavy atom. The topological polar surface area (TPSA) is 108 Å². The Bertz CT molecular complexity index is 1230. The van der Waals surface area contributed by atoms with Crippen LogP contribution in [0.3, 0.4) is 0 Å². The van der Waals surface area contributed by atoms with Crippen molar-refractivity contribution in [3.05, 3.63) is 63.7 Å². The maximum absolute atomic E-state index is 12.7. The molecular weight excluding hydrogens is 390 g/mol. The molecule has 0 saturated heterocycles. The highest BCUT2D eigenvalue weighted by molar-refractivity contribution is 7.18. The lowest BCUT2D eigenvalue weighted by atomic mass is 10.2. The average Bonchev–Trinajstić information content (AvgIpc) is 3.35. The van der Waals surface area contributed by atoms with Gasteiger partial charge in [0.05, 0.1) is 11.7 Å². The van der Waals surface area contributed by atoms with Crippen molar-refractivity contribution in [2.45, 2.75) is 33.4 Å². The number of fused-ring (bicyclic) bond motifs is 1. The standard InChI is InChI=1S/C19H19N7O2S/c1-12-13(2)29-18-16(12)19(28)25(11-23-18)7-5-15(27)22-8-14-4-3-6-21-17(14)26-10-20-9-24-26/h3-4,6,9-11H,5,7-8H2,1-2H3,(H,22,27). The molecule has 0 aliphatic heterocycles. The van der Waals surface area contributed by atoms with Crippen LogP contribution in [0.25, 0.3) is 16.0 Å². The van der Waals surface area contributed by atoms with Gasteiger partial charge < -0.3 is 5.32 Å². The number of hydrogen-bond donors (Lipinski definition) is 1. The number of pyridine rings is 1. The van der Waals surface area contributed by atoms with E-state index in [1.54, 1.807) is 23.3 Å². The van der Waals surface area contributed by atoms with E-state index < -0.39 is 0 Å². The second-order valence-electron chi connectivity index (χ2n) is 6.56. The maximum atomic E-state index is 12.7. The highest BCUT2D eigenvalue weighted by Crippen LogP contribution is 2.25. The molecule has 10 heteroatoms. The number of rotatable bonds is 6. The first-order valence-electron chi connectivity index (χ1n) is 9.05. The molecule has 29 heavy (non-hydrogen) atoms. The number of carbonyl (C=O) groups excluding carboxylic acids is 1. The second kappa shape index (κ2) is 7.92. The van der Waals surface area contributed by atoms with E-state index in [2.05, 4.69) is 25.4 Å². The van der Waals surface area contributed by atoms with Crippen molar-refractivity contribution in [2.24, 2.45) is 0 Å². The Hall–Kier alpha value is -3.40. The molecule has 0 atom stereocenters. The summed E-state index contributed by atoms with van der Waals surface area (Å²) in [6, 6.07) is 3.67. The van der Waals surface area contributed by atoms with Gasteiger partial charge in [-0.3, -0.25) is 14.2 Å². The lowest BCUT2D eigenvalue weighted by molar-refractivity contribution is -0.121. The average molecular weight is 409 g/mol. The van der Waals surface area contributed by atoms with Crippen LogP contribution in [0.15, 0.2) is 42.1 Å². The van der Waals surface area contributed by atoms with Gasteiger partial charge in [0.2, 0.25) is 5.91 Å². The lowest BCUT2D eigenvalue weighted by Crippen LogP contribution is -2.27. The number of hydrogen-bond acceptors (Lipinski definition) is 7. The van der Waals surface area contributed by atoms with Gasteiger partial charge in [-0.05, 0) is 25.5 Å². The largest absolute Gasteiger partial charge is 0.352 e. The number of carbonyl (C=O) groups is 1. The van der Waals surface area contributed by atoms with Crippen LogP contribution < -0.4 is 10.9 Å². The molecule has 0 unspecified atom stereocenters. The number of aromatic nitrogens is 6. The number of aryl methyl sites for hydroxylation is 3. The Morgan fingerprint density at radius 3 is 2.90 bits per heavy atom. The van der Waals surface area contributed by atoms with Crippen LogP contribution in [-0.4, -0.2) is 35.2 Å². The molecule has 4 aromatic rings. The van der Waals surface area contributed by atoms with Gasteiger partial charge >= 0.3 is 0 Å². The molecule has 0 aliphatic rings. The molecule has 0 fully saturated rings. The van der Waals surface area contributed by atoms with Crippen LogP contribution in [-0.2, 0) is 17.9 Å². The monoisotopic (exact) mass is 409 g/mol. The van der Waals surface area contributed by atoms with E-state index in [1.807, 2.05) is 19.9 Å². The minimum Gasteiger partial charge on any atom is -0.352 e. The molecule has 9 nitrogen and oxygen atoms in total. The molecule has 0 aliphatic carbocycles. The third-order valence-corrected chi connectivity index (χ3v) is 5.83. The summed E-state index contributed by atoms with van der Waals surface area (Å²) >= 11 is 1.51. The summed E-state index contributed by atoms with van der Waals surface area (Å²) in [5.41, 5.74) is 1.67. The number of nitrogens with one attached hydrogen (secondary N) is 1. The van der Waals surface area contributed by atoms with Crippen LogP contribution in [0, 0.1) is 13.8 Å². The molecule has 1 amide bonds. The first-order chi connectivity index (χ1) is 14.0. The first-order valence-corrected chi connectivity index (χ1v) is 9.87. The maximum Gasteiger partial charge on any atom is 0.262 e. The van der Waals surface area contributed by atoms with Crippen molar-refractivity contribution in [3.8, 4) is 5.82 Å². The van der Waals surface area contributed by atoms with Crippen molar-refractivity contribution in [1.82, 2.24) is 34.6 Å². The fourth-order valence-corrected chi connectivity index (χ4v) is 4.01. The zero-order chi connectivity index (χ0) is 20.4. The third kappa shape index (κ3) is 3.79. The van der Waals surface area contributed by atoms with Gasteiger partial charge in [-0.1, -0.05) is 6.07 Å². The summed E-state index contributed by atoms with van der Waals surface area (Å²) in [6.07, 6.45) is 6.32. The summed E-state index contributed by atoms with van der Waals surface area (Å²) in [5.74, 6) is 0.447. The van der Waals surface area contributed by atoms with E-state index in [0.29, 0.717) is 17.7 Å². The Labute approximate surface area is 170 Å². The summed E-state index contributed by atoms with van der Waals surface area (Å²) in [6.45, 7) is 4.47. The van der Waals surface area contributed by atoms with Crippen LogP contribution in [0.1, 0.15) is 22.4 Å². The lowest BCUT2D eigenvalue weighted by Gasteiger charge is -2.10. The second-order valence-corrected chi connectivity index (χ2v) is 7.76. The molecule has 0 bridgehead atoms. The Kier molecular flexibility index (Phi) is 5.17. The summed E-state index contributed by atoms with van der Waals surface area (Å²) < 4.78 is 3.04. The highest BCUT2D eigenvalue weighted by Gasteiger charge is 2.13.